The zero-order valence-corrected chi connectivity index (χ0v) is 16.4. The van der Waals surface area contributed by atoms with Crippen LogP contribution >= 0.6 is 11.6 Å². The van der Waals surface area contributed by atoms with Gasteiger partial charge in [-0.05, 0) is 43.9 Å². The molecule has 0 saturated carbocycles. The number of carbonyl (C=O) groups is 1. The van der Waals surface area contributed by atoms with Crippen LogP contribution in [0.25, 0.3) is 0 Å². The van der Waals surface area contributed by atoms with E-state index in [9.17, 15) is 4.79 Å². The first-order valence-corrected chi connectivity index (χ1v) is 9.05. The summed E-state index contributed by atoms with van der Waals surface area (Å²) >= 11 is 6.22. The first kappa shape index (κ1) is 19.3. The summed E-state index contributed by atoms with van der Waals surface area (Å²) in [6.07, 6.45) is 0. The van der Waals surface area contributed by atoms with E-state index >= 15 is 0 Å². The SMILES string of the molecule is COc1ccc(C(CNC(=O)c2cc(Cl)c3c(c2)OCCO3)N(C)C)cc1. The Labute approximate surface area is 164 Å². The van der Waals surface area contributed by atoms with Gasteiger partial charge in [0, 0.05) is 12.1 Å². The van der Waals surface area contributed by atoms with Gasteiger partial charge in [0.05, 0.1) is 18.2 Å². The number of rotatable bonds is 6. The first-order valence-electron chi connectivity index (χ1n) is 8.67. The fraction of sp³-hybridized carbons (Fsp3) is 0.350. The second-order valence-corrected chi connectivity index (χ2v) is 6.85. The van der Waals surface area contributed by atoms with Gasteiger partial charge in [-0.3, -0.25) is 4.79 Å². The van der Waals surface area contributed by atoms with Crippen LogP contribution in [0.4, 0.5) is 0 Å². The fourth-order valence-corrected chi connectivity index (χ4v) is 3.22. The van der Waals surface area contributed by atoms with Crippen molar-refractivity contribution >= 4 is 17.5 Å². The van der Waals surface area contributed by atoms with E-state index in [0.717, 1.165) is 11.3 Å². The highest BCUT2D eigenvalue weighted by Gasteiger charge is 2.21. The van der Waals surface area contributed by atoms with E-state index in [0.29, 0.717) is 41.8 Å². The predicted octanol–water partition coefficient (Wildman–Crippen LogP) is 3.15. The van der Waals surface area contributed by atoms with Gasteiger partial charge < -0.3 is 24.4 Å². The lowest BCUT2D eigenvalue weighted by Crippen LogP contribution is -2.34. The topological polar surface area (TPSA) is 60.0 Å². The van der Waals surface area contributed by atoms with E-state index in [1.54, 1.807) is 19.2 Å². The molecule has 1 aliphatic heterocycles. The minimum atomic E-state index is -0.214. The third-order valence-electron chi connectivity index (χ3n) is 4.44. The zero-order valence-electron chi connectivity index (χ0n) is 15.6. The Balaban J connectivity index is 1.71. The summed E-state index contributed by atoms with van der Waals surface area (Å²) in [6.45, 7) is 1.34. The number of halogens is 1. The smallest absolute Gasteiger partial charge is 0.251 e. The molecule has 144 valence electrons. The van der Waals surface area contributed by atoms with E-state index in [4.69, 9.17) is 25.8 Å². The van der Waals surface area contributed by atoms with Gasteiger partial charge in [-0.15, -0.1) is 0 Å². The molecule has 0 fully saturated rings. The van der Waals surface area contributed by atoms with Crippen LogP contribution in [0, 0.1) is 0 Å². The normalized spacial score (nSPS) is 14.0. The summed E-state index contributed by atoms with van der Waals surface area (Å²) in [4.78, 5) is 14.7. The van der Waals surface area contributed by atoms with Crippen molar-refractivity contribution in [3.8, 4) is 17.2 Å². The van der Waals surface area contributed by atoms with Crippen molar-refractivity contribution in [2.24, 2.45) is 0 Å². The Morgan fingerprint density at radius 3 is 2.59 bits per heavy atom. The van der Waals surface area contributed by atoms with Crippen LogP contribution in [0.5, 0.6) is 17.2 Å². The Bertz CT molecular complexity index is 808. The highest BCUT2D eigenvalue weighted by atomic mass is 35.5. The van der Waals surface area contributed by atoms with Gasteiger partial charge in [-0.1, -0.05) is 23.7 Å². The molecule has 1 N–H and O–H groups in total. The molecule has 0 saturated heterocycles. The maximum atomic E-state index is 12.6. The van der Waals surface area contributed by atoms with Crippen molar-refractivity contribution in [3.63, 3.8) is 0 Å². The molecular weight excluding hydrogens is 368 g/mol. The summed E-state index contributed by atoms with van der Waals surface area (Å²) in [6, 6.07) is 11.1. The van der Waals surface area contributed by atoms with E-state index in [-0.39, 0.29) is 11.9 Å². The minimum Gasteiger partial charge on any atom is -0.497 e. The number of hydrogen-bond donors (Lipinski definition) is 1. The highest BCUT2D eigenvalue weighted by Crippen LogP contribution is 2.38. The van der Waals surface area contributed by atoms with Crippen LogP contribution in [0.3, 0.4) is 0 Å². The van der Waals surface area contributed by atoms with Crippen molar-refractivity contribution in [1.82, 2.24) is 10.2 Å². The van der Waals surface area contributed by atoms with Crippen LogP contribution in [0.1, 0.15) is 22.0 Å². The number of benzene rings is 2. The van der Waals surface area contributed by atoms with Crippen molar-refractivity contribution in [3.05, 3.63) is 52.5 Å². The Kier molecular flexibility index (Phi) is 6.08. The summed E-state index contributed by atoms with van der Waals surface area (Å²) < 4.78 is 16.2. The third-order valence-corrected chi connectivity index (χ3v) is 4.72. The van der Waals surface area contributed by atoms with Gasteiger partial charge in [0.15, 0.2) is 11.5 Å². The molecule has 6 nitrogen and oxygen atoms in total. The van der Waals surface area contributed by atoms with Crippen LogP contribution in [-0.4, -0.2) is 51.8 Å². The maximum absolute atomic E-state index is 12.6. The van der Waals surface area contributed by atoms with Crippen LogP contribution < -0.4 is 19.5 Å². The fourth-order valence-electron chi connectivity index (χ4n) is 2.96. The molecule has 2 aromatic carbocycles. The summed E-state index contributed by atoms with van der Waals surface area (Å²) in [5.74, 6) is 1.57. The molecule has 3 rings (SSSR count). The van der Waals surface area contributed by atoms with E-state index in [2.05, 4.69) is 10.2 Å². The number of amides is 1. The molecule has 2 aromatic rings. The lowest BCUT2D eigenvalue weighted by molar-refractivity contribution is 0.0940. The minimum absolute atomic E-state index is 0.0209. The quantitative estimate of drug-likeness (QED) is 0.821. The second-order valence-electron chi connectivity index (χ2n) is 6.44. The molecule has 0 bridgehead atoms. The van der Waals surface area contributed by atoms with E-state index in [1.165, 1.54) is 0 Å². The van der Waals surface area contributed by atoms with Gasteiger partial charge in [-0.25, -0.2) is 0 Å². The largest absolute Gasteiger partial charge is 0.497 e. The van der Waals surface area contributed by atoms with Crippen LogP contribution in [-0.2, 0) is 0 Å². The highest BCUT2D eigenvalue weighted by molar-refractivity contribution is 6.32. The van der Waals surface area contributed by atoms with Gasteiger partial charge in [-0.2, -0.15) is 0 Å². The zero-order chi connectivity index (χ0) is 19.4. The molecule has 0 spiro atoms. The maximum Gasteiger partial charge on any atom is 0.251 e. The molecule has 7 heteroatoms. The van der Waals surface area contributed by atoms with Gasteiger partial charge >= 0.3 is 0 Å². The van der Waals surface area contributed by atoms with Crippen molar-refractivity contribution < 1.29 is 19.0 Å². The second kappa shape index (κ2) is 8.50. The number of ether oxygens (including phenoxy) is 3. The number of methoxy groups -OCH3 is 1. The number of nitrogens with one attached hydrogen (secondary N) is 1. The standard InChI is InChI=1S/C20H23ClN2O4/c1-23(2)17(13-4-6-15(25-3)7-5-13)12-22-20(24)14-10-16(21)19-18(11-14)26-8-9-27-19/h4-7,10-11,17H,8-9,12H2,1-3H3,(H,22,24). The van der Waals surface area contributed by atoms with E-state index < -0.39 is 0 Å². The summed E-state index contributed by atoms with van der Waals surface area (Å²) in [5, 5.41) is 3.35. The van der Waals surface area contributed by atoms with Gasteiger partial charge in [0.25, 0.3) is 5.91 Å². The Morgan fingerprint density at radius 2 is 1.93 bits per heavy atom. The monoisotopic (exact) mass is 390 g/mol. The molecule has 27 heavy (non-hydrogen) atoms. The number of carbonyl (C=O) groups excluding carboxylic acids is 1. The lowest BCUT2D eigenvalue weighted by atomic mass is 10.1. The van der Waals surface area contributed by atoms with Crippen molar-refractivity contribution in [2.45, 2.75) is 6.04 Å². The number of likely N-dealkylation sites (N-methyl/N-ethyl adjacent to an activating group) is 1. The van der Waals surface area contributed by atoms with Crippen molar-refractivity contribution in [1.29, 1.82) is 0 Å². The molecule has 0 aliphatic carbocycles. The first-order chi connectivity index (χ1) is 13.0. The van der Waals surface area contributed by atoms with Crippen LogP contribution in [0.15, 0.2) is 36.4 Å². The number of nitrogens with zero attached hydrogens (tertiary/aromatic N) is 1. The average Bonchev–Trinajstić information content (AvgIpc) is 2.68. The third kappa shape index (κ3) is 4.46. The average molecular weight is 391 g/mol. The molecular formula is C20H23ClN2O4. The Morgan fingerprint density at radius 1 is 1.22 bits per heavy atom. The molecule has 1 aliphatic rings. The Hall–Kier alpha value is -2.44. The number of fused-ring (bicyclic) bond motifs is 1. The van der Waals surface area contributed by atoms with Crippen molar-refractivity contribution in [2.75, 3.05) is 41.0 Å². The molecule has 1 atom stereocenters. The molecule has 1 amide bonds. The number of hydrogen-bond acceptors (Lipinski definition) is 5. The molecule has 1 unspecified atom stereocenters. The molecule has 1 heterocycles. The van der Waals surface area contributed by atoms with E-state index in [1.807, 2.05) is 38.4 Å². The van der Waals surface area contributed by atoms with Gasteiger partial charge in [0.1, 0.15) is 19.0 Å². The predicted molar refractivity (Wildman–Crippen MR) is 104 cm³/mol. The summed E-state index contributed by atoms with van der Waals surface area (Å²) in [7, 11) is 5.58. The summed E-state index contributed by atoms with van der Waals surface area (Å²) in [5.41, 5.74) is 1.53. The van der Waals surface area contributed by atoms with Crippen LogP contribution in [0.2, 0.25) is 5.02 Å². The molecule has 0 radical (unpaired) electrons. The van der Waals surface area contributed by atoms with Gasteiger partial charge in [0.2, 0.25) is 0 Å². The molecule has 0 aromatic heterocycles. The lowest BCUT2D eigenvalue weighted by Gasteiger charge is -2.25.